The zero-order valence-electron chi connectivity index (χ0n) is 8.01. The van der Waals surface area contributed by atoms with Crippen molar-refractivity contribution in [1.82, 2.24) is 0 Å². The summed E-state index contributed by atoms with van der Waals surface area (Å²) >= 11 is 0. The van der Waals surface area contributed by atoms with Crippen LogP contribution in [0.5, 0.6) is 0 Å². The minimum atomic E-state index is -0.0255. The number of hydrogen-bond acceptors (Lipinski definition) is 2. The van der Waals surface area contributed by atoms with Crippen LogP contribution in [-0.2, 0) is 9.53 Å². The van der Waals surface area contributed by atoms with Crippen LogP contribution >= 0.6 is 0 Å². The summed E-state index contributed by atoms with van der Waals surface area (Å²) in [5.74, 6) is -0.0255. The number of cyclic esters (lactones) is 1. The van der Waals surface area contributed by atoms with Crippen LogP contribution < -0.4 is 0 Å². The first-order chi connectivity index (χ1) is 5.81. The largest absolute Gasteiger partial charge is 0.466 e. The van der Waals surface area contributed by atoms with E-state index in [0.29, 0.717) is 13.0 Å². The second kappa shape index (κ2) is 8.31. The molecule has 2 nitrogen and oxygen atoms in total. The molecular formula is C10H18O2. The fourth-order valence-electron chi connectivity index (χ4n) is 0.806. The van der Waals surface area contributed by atoms with E-state index >= 15 is 0 Å². The lowest BCUT2D eigenvalue weighted by atomic mass is 10.2. The van der Waals surface area contributed by atoms with Gasteiger partial charge < -0.3 is 4.74 Å². The summed E-state index contributed by atoms with van der Waals surface area (Å²) in [5, 5.41) is 0. The monoisotopic (exact) mass is 170 g/mol. The molecule has 2 heteroatoms. The summed E-state index contributed by atoms with van der Waals surface area (Å²) in [6, 6.07) is 0. The van der Waals surface area contributed by atoms with Crippen LogP contribution in [-0.4, -0.2) is 12.6 Å². The SMILES string of the molecule is CC=CC.O=C1CCCCCO1. The van der Waals surface area contributed by atoms with Gasteiger partial charge in [0.2, 0.25) is 0 Å². The lowest BCUT2D eigenvalue weighted by Gasteiger charge is -1.93. The Morgan fingerprint density at radius 1 is 1.17 bits per heavy atom. The van der Waals surface area contributed by atoms with Gasteiger partial charge >= 0.3 is 5.97 Å². The number of esters is 1. The molecule has 1 aliphatic rings. The van der Waals surface area contributed by atoms with Gasteiger partial charge in [-0.15, -0.1) is 0 Å². The van der Waals surface area contributed by atoms with Crippen molar-refractivity contribution in [3.8, 4) is 0 Å². The van der Waals surface area contributed by atoms with Gasteiger partial charge in [-0.25, -0.2) is 0 Å². The molecule has 0 aliphatic carbocycles. The summed E-state index contributed by atoms with van der Waals surface area (Å²) in [6.07, 6.45) is 7.83. The molecule has 0 saturated carbocycles. The molecule has 0 spiro atoms. The molecule has 1 saturated heterocycles. The summed E-state index contributed by atoms with van der Waals surface area (Å²) in [4.78, 5) is 10.5. The Hall–Kier alpha value is -0.790. The van der Waals surface area contributed by atoms with Crippen LogP contribution in [0.15, 0.2) is 12.2 Å². The number of carbonyl (C=O) groups is 1. The van der Waals surface area contributed by atoms with Crippen LogP contribution in [0.3, 0.4) is 0 Å². The van der Waals surface area contributed by atoms with Gasteiger partial charge in [0, 0.05) is 6.42 Å². The molecule has 0 unspecified atom stereocenters. The average molecular weight is 170 g/mol. The summed E-state index contributed by atoms with van der Waals surface area (Å²) in [7, 11) is 0. The fourth-order valence-corrected chi connectivity index (χ4v) is 0.806. The van der Waals surface area contributed by atoms with Gasteiger partial charge in [-0.2, -0.15) is 0 Å². The summed E-state index contributed by atoms with van der Waals surface area (Å²) < 4.78 is 4.76. The molecule has 0 radical (unpaired) electrons. The molecular weight excluding hydrogens is 152 g/mol. The van der Waals surface area contributed by atoms with Crippen LogP contribution in [0.4, 0.5) is 0 Å². The number of allylic oxidation sites excluding steroid dienone is 2. The third-order valence-electron chi connectivity index (χ3n) is 1.62. The molecule has 0 amide bonds. The maximum Gasteiger partial charge on any atom is 0.305 e. The topological polar surface area (TPSA) is 26.3 Å². The second-order valence-corrected chi connectivity index (χ2v) is 2.70. The predicted molar refractivity (Wildman–Crippen MR) is 49.9 cm³/mol. The quantitative estimate of drug-likeness (QED) is 0.412. The molecule has 0 bridgehead atoms. The van der Waals surface area contributed by atoms with E-state index < -0.39 is 0 Å². The van der Waals surface area contributed by atoms with Crippen molar-refractivity contribution in [2.45, 2.75) is 39.5 Å². The third-order valence-corrected chi connectivity index (χ3v) is 1.62. The van der Waals surface area contributed by atoms with Gasteiger partial charge in [-0.1, -0.05) is 12.2 Å². The smallest absolute Gasteiger partial charge is 0.305 e. The van der Waals surface area contributed by atoms with Crippen molar-refractivity contribution in [3.63, 3.8) is 0 Å². The number of ether oxygens (including phenoxy) is 1. The Labute approximate surface area is 74.6 Å². The summed E-state index contributed by atoms with van der Waals surface area (Å²) in [5.41, 5.74) is 0. The van der Waals surface area contributed by atoms with Crippen LogP contribution in [0.2, 0.25) is 0 Å². The predicted octanol–water partition coefficient (Wildman–Crippen LogP) is 2.69. The van der Waals surface area contributed by atoms with Crippen molar-refractivity contribution in [2.75, 3.05) is 6.61 Å². The van der Waals surface area contributed by atoms with E-state index in [2.05, 4.69) is 0 Å². The molecule has 70 valence electrons. The number of rotatable bonds is 0. The van der Waals surface area contributed by atoms with Gasteiger partial charge in [-0.05, 0) is 33.1 Å². The van der Waals surface area contributed by atoms with Gasteiger partial charge in [0.25, 0.3) is 0 Å². The molecule has 0 atom stereocenters. The number of carbonyl (C=O) groups excluding carboxylic acids is 1. The second-order valence-electron chi connectivity index (χ2n) is 2.70. The van der Waals surface area contributed by atoms with Crippen molar-refractivity contribution >= 4 is 5.97 Å². The minimum Gasteiger partial charge on any atom is -0.466 e. The van der Waals surface area contributed by atoms with Crippen LogP contribution in [0.25, 0.3) is 0 Å². The molecule has 1 aliphatic heterocycles. The summed E-state index contributed by atoms with van der Waals surface area (Å²) in [6.45, 7) is 4.64. The van der Waals surface area contributed by atoms with Crippen molar-refractivity contribution in [1.29, 1.82) is 0 Å². The minimum absolute atomic E-state index is 0.0255. The highest BCUT2D eigenvalue weighted by atomic mass is 16.5. The van der Waals surface area contributed by atoms with E-state index in [4.69, 9.17) is 4.74 Å². The van der Waals surface area contributed by atoms with Crippen molar-refractivity contribution in [3.05, 3.63) is 12.2 Å². The molecule has 1 rings (SSSR count). The molecule has 1 heterocycles. The first-order valence-corrected chi connectivity index (χ1v) is 4.54. The maximum absolute atomic E-state index is 10.5. The van der Waals surface area contributed by atoms with E-state index in [-0.39, 0.29) is 5.97 Å². The standard InChI is InChI=1S/C6H10O2.C4H8/c7-6-4-2-1-3-5-8-6;1-3-4-2/h1-5H2;3-4H,1-2H3. The Morgan fingerprint density at radius 3 is 2.42 bits per heavy atom. The first kappa shape index (κ1) is 11.2. The zero-order valence-corrected chi connectivity index (χ0v) is 8.01. The van der Waals surface area contributed by atoms with Crippen LogP contribution in [0, 0.1) is 0 Å². The molecule has 0 aromatic rings. The van der Waals surface area contributed by atoms with E-state index in [9.17, 15) is 4.79 Å². The highest BCUT2D eigenvalue weighted by Gasteiger charge is 2.05. The lowest BCUT2D eigenvalue weighted by molar-refractivity contribution is -0.142. The van der Waals surface area contributed by atoms with Gasteiger partial charge in [0.15, 0.2) is 0 Å². The van der Waals surface area contributed by atoms with Crippen molar-refractivity contribution < 1.29 is 9.53 Å². The number of hydrogen-bond donors (Lipinski definition) is 0. The van der Waals surface area contributed by atoms with E-state index in [1.54, 1.807) is 0 Å². The molecule has 0 aromatic carbocycles. The Morgan fingerprint density at radius 2 is 1.83 bits per heavy atom. The maximum atomic E-state index is 10.5. The van der Waals surface area contributed by atoms with E-state index in [1.165, 1.54) is 0 Å². The fraction of sp³-hybridized carbons (Fsp3) is 0.700. The van der Waals surface area contributed by atoms with Crippen LogP contribution in [0.1, 0.15) is 39.5 Å². The van der Waals surface area contributed by atoms with Gasteiger partial charge in [0.1, 0.15) is 0 Å². The normalized spacial score (nSPS) is 17.7. The average Bonchev–Trinajstić information content (AvgIpc) is 2.33. The van der Waals surface area contributed by atoms with E-state index in [0.717, 1.165) is 19.3 Å². The Balaban J connectivity index is 0.000000261. The first-order valence-electron chi connectivity index (χ1n) is 4.54. The third kappa shape index (κ3) is 7.32. The lowest BCUT2D eigenvalue weighted by Crippen LogP contribution is -2.00. The molecule has 0 N–H and O–H groups in total. The van der Waals surface area contributed by atoms with Gasteiger partial charge in [0.05, 0.1) is 6.61 Å². The molecule has 0 aromatic heterocycles. The highest BCUT2D eigenvalue weighted by Crippen LogP contribution is 2.06. The zero-order chi connectivity index (χ0) is 9.23. The van der Waals surface area contributed by atoms with Crippen molar-refractivity contribution in [2.24, 2.45) is 0 Å². The Bertz CT molecular complexity index is 125. The van der Waals surface area contributed by atoms with E-state index in [1.807, 2.05) is 26.0 Å². The van der Waals surface area contributed by atoms with Gasteiger partial charge in [-0.3, -0.25) is 4.79 Å². The molecule has 12 heavy (non-hydrogen) atoms. The highest BCUT2D eigenvalue weighted by molar-refractivity contribution is 5.69. The molecule has 1 fully saturated rings. The Kier molecular flexibility index (Phi) is 7.76.